The molecule has 0 aromatic heterocycles. The quantitative estimate of drug-likeness (QED) is 0.897. The van der Waals surface area contributed by atoms with Crippen molar-refractivity contribution in [3.63, 3.8) is 0 Å². The molecule has 1 heterocycles. The fourth-order valence-corrected chi connectivity index (χ4v) is 3.66. The standard InChI is InChI=1S/C13H17ClN2OS/c1-9-13(12(15)17,7-2-8-18-9)16-11-5-3-10(14)4-6-11/h3-6,9,16H,2,7-8H2,1H3,(H2,15,17). The van der Waals surface area contributed by atoms with Gasteiger partial charge in [-0.05, 0) is 42.9 Å². The first-order chi connectivity index (χ1) is 8.54. The Morgan fingerprint density at radius 1 is 1.50 bits per heavy atom. The molecule has 1 fully saturated rings. The van der Waals surface area contributed by atoms with Crippen molar-refractivity contribution in [2.24, 2.45) is 5.73 Å². The molecule has 1 aromatic carbocycles. The van der Waals surface area contributed by atoms with E-state index in [1.165, 1.54) is 0 Å². The van der Waals surface area contributed by atoms with Crippen LogP contribution in [0.25, 0.3) is 0 Å². The predicted octanol–water partition coefficient (Wildman–Crippen LogP) is 2.89. The normalized spacial score (nSPS) is 27.8. The molecule has 1 amide bonds. The van der Waals surface area contributed by atoms with E-state index in [1.54, 1.807) is 23.9 Å². The number of carbonyl (C=O) groups is 1. The summed E-state index contributed by atoms with van der Waals surface area (Å²) in [6, 6.07) is 7.36. The maximum absolute atomic E-state index is 11.9. The summed E-state index contributed by atoms with van der Waals surface area (Å²) in [6.07, 6.45) is 1.78. The summed E-state index contributed by atoms with van der Waals surface area (Å²) in [7, 11) is 0. The van der Waals surface area contributed by atoms with Gasteiger partial charge >= 0.3 is 0 Å². The second kappa shape index (κ2) is 5.41. The molecule has 1 saturated heterocycles. The number of hydrogen-bond donors (Lipinski definition) is 2. The van der Waals surface area contributed by atoms with Gasteiger partial charge in [-0.25, -0.2) is 0 Å². The van der Waals surface area contributed by atoms with Gasteiger partial charge in [-0.2, -0.15) is 11.8 Å². The first-order valence-corrected chi connectivity index (χ1v) is 7.42. The van der Waals surface area contributed by atoms with E-state index in [-0.39, 0.29) is 11.2 Å². The highest BCUT2D eigenvalue weighted by molar-refractivity contribution is 8.00. The number of thioether (sulfide) groups is 1. The van der Waals surface area contributed by atoms with Crippen LogP contribution in [-0.2, 0) is 4.79 Å². The topological polar surface area (TPSA) is 55.1 Å². The van der Waals surface area contributed by atoms with Crippen molar-refractivity contribution < 1.29 is 4.79 Å². The summed E-state index contributed by atoms with van der Waals surface area (Å²) in [4.78, 5) is 11.9. The largest absolute Gasteiger partial charge is 0.370 e. The van der Waals surface area contributed by atoms with Crippen LogP contribution in [0.4, 0.5) is 5.69 Å². The third-order valence-electron chi connectivity index (χ3n) is 3.43. The molecule has 0 radical (unpaired) electrons. The summed E-state index contributed by atoms with van der Waals surface area (Å²) in [6.45, 7) is 2.05. The van der Waals surface area contributed by atoms with Crippen molar-refractivity contribution >= 4 is 35.0 Å². The second-order valence-electron chi connectivity index (χ2n) is 4.58. The van der Waals surface area contributed by atoms with Gasteiger partial charge < -0.3 is 11.1 Å². The lowest BCUT2D eigenvalue weighted by atomic mass is 9.88. The fraction of sp³-hybridized carbons (Fsp3) is 0.462. The van der Waals surface area contributed by atoms with Crippen LogP contribution in [0, 0.1) is 0 Å². The van der Waals surface area contributed by atoms with Crippen LogP contribution in [0.3, 0.4) is 0 Å². The van der Waals surface area contributed by atoms with Gasteiger partial charge in [-0.3, -0.25) is 4.79 Å². The number of anilines is 1. The molecule has 3 nitrogen and oxygen atoms in total. The minimum absolute atomic E-state index is 0.166. The second-order valence-corrected chi connectivity index (χ2v) is 6.47. The molecule has 2 atom stereocenters. The summed E-state index contributed by atoms with van der Waals surface area (Å²) in [5.74, 6) is 0.801. The van der Waals surface area contributed by atoms with Crippen LogP contribution in [-0.4, -0.2) is 22.4 Å². The van der Waals surface area contributed by atoms with Crippen molar-refractivity contribution in [1.82, 2.24) is 0 Å². The zero-order valence-electron chi connectivity index (χ0n) is 10.3. The van der Waals surface area contributed by atoms with E-state index < -0.39 is 5.54 Å². The fourth-order valence-electron chi connectivity index (χ4n) is 2.30. The lowest BCUT2D eigenvalue weighted by molar-refractivity contribution is -0.122. The molecule has 1 aliphatic rings. The Morgan fingerprint density at radius 3 is 2.72 bits per heavy atom. The summed E-state index contributed by atoms with van der Waals surface area (Å²) in [5.41, 5.74) is 5.86. The highest BCUT2D eigenvalue weighted by atomic mass is 35.5. The first kappa shape index (κ1) is 13.6. The molecule has 5 heteroatoms. The molecular formula is C13H17ClN2OS. The maximum Gasteiger partial charge on any atom is 0.244 e. The lowest BCUT2D eigenvalue weighted by Crippen LogP contribution is -2.58. The molecule has 0 spiro atoms. The number of benzene rings is 1. The molecule has 0 saturated carbocycles. The molecule has 1 aliphatic heterocycles. The summed E-state index contributed by atoms with van der Waals surface area (Å²) in [5, 5.41) is 4.16. The number of nitrogens with two attached hydrogens (primary N) is 1. The van der Waals surface area contributed by atoms with Gasteiger partial charge in [0.15, 0.2) is 0 Å². The number of primary amides is 1. The van der Waals surface area contributed by atoms with E-state index in [2.05, 4.69) is 12.2 Å². The van der Waals surface area contributed by atoms with Crippen molar-refractivity contribution in [3.8, 4) is 0 Å². The Labute approximate surface area is 116 Å². The number of nitrogens with one attached hydrogen (secondary N) is 1. The minimum atomic E-state index is -0.656. The minimum Gasteiger partial charge on any atom is -0.370 e. The number of amides is 1. The van der Waals surface area contributed by atoms with E-state index in [0.29, 0.717) is 5.02 Å². The van der Waals surface area contributed by atoms with Crippen LogP contribution in [0.1, 0.15) is 19.8 Å². The van der Waals surface area contributed by atoms with Gasteiger partial charge in [-0.1, -0.05) is 18.5 Å². The van der Waals surface area contributed by atoms with E-state index in [1.807, 2.05) is 12.1 Å². The summed E-state index contributed by atoms with van der Waals surface area (Å²) >= 11 is 7.64. The Morgan fingerprint density at radius 2 is 2.17 bits per heavy atom. The monoisotopic (exact) mass is 284 g/mol. The highest BCUT2D eigenvalue weighted by Crippen LogP contribution is 2.36. The van der Waals surface area contributed by atoms with Crippen LogP contribution >= 0.6 is 23.4 Å². The van der Waals surface area contributed by atoms with Gasteiger partial charge in [0.05, 0.1) is 0 Å². The van der Waals surface area contributed by atoms with Crippen molar-refractivity contribution in [2.75, 3.05) is 11.1 Å². The lowest BCUT2D eigenvalue weighted by Gasteiger charge is -2.40. The smallest absolute Gasteiger partial charge is 0.244 e. The molecule has 0 bridgehead atoms. The molecule has 18 heavy (non-hydrogen) atoms. The summed E-state index contributed by atoms with van der Waals surface area (Å²) < 4.78 is 0. The van der Waals surface area contributed by atoms with Gasteiger partial charge in [0.2, 0.25) is 5.91 Å². The molecular weight excluding hydrogens is 268 g/mol. The molecule has 0 aliphatic carbocycles. The van der Waals surface area contributed by atoms with Gasteiger partial charge in [0.1, 0.15) is 5.54 Å². The molecule has 3 N–H and O–H groups in total. The first-order valence-electron chi connectivity index (χ1n) is 6.00. The SMILES string of the molecule is CC1SCCCC1(Nc1ccc(Cl)cc1)C(N)=O. The van der Waals surface area contributed by atoms with E-state index >= 15 is 0 Å². The van der Waals surface area contributed by atoms with Crippen molar-refractivity contribution in [2.45, 2.75) is 30.6 Å². The van der Waals surface area contributed by atoms with E-state index in [0.717, 1.165) is 24.3 Å². The van der Waals surface area contributed by atoms with E-state index in [9.17, 15) is 4.79 Å². The average Bonchev–Trinajstić information content (AvgIpc) is 2.35. The van der Waals surface area contributed by atoms with E-state index in [4.69, 9.17) is 17.3 Å². The Balaban J connectivity index is 2.25. The molecule has 1 aromatic rings. The average molecular weight is 285 g/mol. The van der Waals surface area contributed by atoms with Gasteiger partial charge in [0, 0.05) is 16.0 Å². The van der Waals surface area contributed by atoms with Crippen LogP contribution in [0.15, 0.2) is 24.3 Å². The Hall–Kier alpha value is -0.870. The molecule has 2 rings (SSSR count). The number of carbonyl (C=O) groups excluding carboxylic acids is 1. The third-order valence-corrected chi connectivity index (χ3v) is 5.11. The van der Waals surface area contributed by atoms with Crippen LogP contribution in [0.5, 0.6) is 0 Å². The molecule has 2 unspecified atom stereocenters. The Kier molecular flexibility index (Phi) is 4.07. The number of rotatable bonds is 3. The zero-order chi connectivity index (χ0) is 13.2. The number of hydrogen-bond acceptors (Lipinski definition) is 3. The van der Waals surface area contributed by atoms with Crippen molar-refractivity contribution in [3.05, 3.63) is 29.3 Å². The van der Waals surface area contributed by atoms with Gasteiger partial charge in [0.25, 0.3) is 0 Å². The molecule has 98 valence electrons. The zero-order valence-corrected chi connectivity index (χ0v) is 11.9. The van der Waals surface area contributed by atoms with Crippen LogP contribution < -0.4 is 11.1 Å². The van der Waals surface area contributed by atoms with Crippen molar-refractivity contribution in [1.29, 1.82) is 0 Å². The van der Waals surface area contributed by atoms with Gasteiger partial charge in [-0.15, -0.1) is 0 Å². The Bertz CT molecular complexity index is 437. The highest BCUT2D eigenvalue weighted by Gasteiger charge is 2.44. The number of halogens is 1. The maximum atomic E-state index is 11.9. The third kappa shape index (κ3) is 2.59. The van der Waals surface area contributed by atoms with Crippen LogP contribution in [0.2, 0.25) is 5.02 Å². The predicted molar refractivity (Wildman–Crippen MR) is 78.2 cm³/mol.